The Morgan fingerprint density at radius 1 is 1.40 bits per heavy atom. The van der Waals surface area contributed by atoms with Crippen molar-refractivity contribution in [1.82, 2.24) is 5.43 Å². The van der Waals surface area contributed by atoms with Gasteiger partial charge in [-0.2, -0.15) is 5.10 Å². The van der Waals surface area contributed by atoms with Crippen LogP contribution < -0.4 is 5.43 Å². The summed E-state index contributed by atoms with van der Waals surface area (Å²) in [5.41, 5.74) is 3.86. The van der Waals surface area contributed by atoms with Gasteiger partial charge >= 0.3 is 0 Å². The molecule has 1 atom stereocenters. The van der Waals surface area contributed by atoms with Crippen molar-refractivity contribution in [2.75, 3.05) is 0 Å². The van der Waals surface area contributed by atoms with Crippen LogP contribution in [0.25, 0.3) is 0 Å². The molecule has 6 nitrogen and oxygen atoms in total. The van der Waals surface area contributed by atoms with Crippen molar-refractivity contribution in [2.24, 2.45) is 11.0 Å². The molecule has 0 heterocycles. The molecule has 1 fully saturated rings. The Morgan fingerprint density at radius 2 is 2.10 bits per heavy atom. The smallest absolute Gasteiger partial charge is 0.267 e. The Hall–Kier alpha value is -2.24. The van der Waals surface area contributed by atoms with Crippen LogP contribution in [0.1, 0.15) is 43.0 Å². The molecule has 0 bridgehead atoms. The van der Waals surface area contributed by atoms with Gasteiger partial charge in [0.25, 0.3) is 11.6 Å². The van der Waals surface area contributed by atoms with Gasteiger partial charge in [-0.1, -0.05) is 6.92 Å². The molecule has 0 unspecified atom stereocenters. The van der Waals surface area contributed by atoms with E-state index in [1.54, 1.807) is 0 Å². The van der Waals surface area contributed by atoms with E-state index in [0.29, 0.717) is 11.5 Å². The fourth-order valence-corrected chi connectivity index (χ4v) is 2.29. The third-order valence-corrected chi connectivity index (χ3v) is 3.40. The number of hydrogen-bond donors (Lipinski definition) is 1. The van der Waals surface area contributed by atoms with E-state index < -0.39 is 4.92 Å². The molecule has 0 spiro atoms. The fraction of sp³-hybridized carbons (Fsp3) is 0.429. The van der Waals surface area contributed by atoms with Crippen molar-refractivity contribution in [3.8, 4) is 0 Å². The van der Waals surface area contributed by atoms with E-state index in [1.165, 1.54) is 30.7 Å². The molecule has 1 aliphatic carbocycles. The number of nitrogens with zero attached hydrogens (tertiary/aromatic N) is 2. The van der Waals surface area contributed by atoms with Crippen LogP contribution in [-0.2, 0) is 0 Å². The highest BCUT2D eigenvalue weighted by atomic mass is 16.6. The van der Waals surface area contributed by atoms with E-state index in [0.717, 1.165) is 25.0 Å². The van der Waals surface area contributed by atoms with Crippen LogP contribution in [0.5, 0.6) is 0 Å². The number of benzene rings is 1. The second-order valence-corrected chi connectivity index (χ2v) is 5.12. The first-order chi connectivity index (χ1) is 9.56. The predicted molar refractivity (Wildman–Crippen MR) is 75.6 cm³/mol. The summed E-state index contributed by atoms with van der Waals surface area (Å²) in [5.74, 6) is 0.268. The van der Waals surface area contributed by atoms with E-state index in [1.807, 2.05) is 0 Å². The number of non-ortho nitro benzene ring substituents is 1. The van der Waals surface area contributed by atoms with E-state index in [4.69, 9.17) is 0 Å². The Labute approximate surface area is 117 Å². The van der Waals surface area contributed by atoms with Gasteiger partial charge < -0.3 is 0 Å². The summed E-state index contributed by atoms with van der Waals surface area (Å²) in [6, 6.07) is 5.48. The van der Waals surface area contributed by atoms with Crippen LogP contribution in [-0.4, -0.2) is 16.5 Å². The molecule has 20 heavy (non-hydrogen) atoms. The largest absolute Gasteiger partial charge is 0.271 e. The first kappa shape index (κ1) is 14.2. The Bertz CT molecular complexity index is 537. The van der Waals surface area contributed by atoms with Gasteiger partial charge in [-0.3, -0.25) is 14.9 Å². The maximum atomic E-state index is 11.9. The minimum Gasteiger partial charge on any atom is -0.267 e. The standard InChI is InChI=1S/C14H17N3O3/c1-10-3-2-4-12(9-10)15-16-14(18)11-5-7-13(8-6-11)17(19)20/h5-8,10H,2-4,9H2,1H3,(H,16,18)/b15-12-/t10-/m1/s1. The second kappa shape index (κ2) is 6.27. The molecule has 1 aromatic carbocycles. The summed E-state index contributed by atoms with van der Waals surface area (Å²) in [7, 11) is 0. The molecule has 0 saturated heterocycles. The lowest BCUT2D eigenvalue weighted by Crippen LogP contribution is -2.22. The quantitative estimate of drug-likeness (QED) is 0.680. The maximum Gasteiger partial charge on any atom is 0.271 e. The van der Waals surface area contributed by atoms with Gasteiger partial charge in [-0.15, -0.1) is 0 Å². The number of carbonyl (C=O) groups is 1. The van der Waals surface area contributed by atoms with Crippen molar-refractivity contribution in [2.45, 2.75) is 32.6 Å². The van der Waals surface area contributed by atoms with Crippen molar-refractivity contribution >= 4 is 17.3 Å². The van der Waals surface area contributed by atoms with E-state index in [2.05, 4.69) is 17.5 Å². The molecular weight excluding hydrogens is 258 g/mol. The lowest BCUT2D eigenvalue weighted by atomic mass is 9.89. The lowest BCUT2D eigenvalue weighted by Gasteiger charge is -2.18. The highest BCUT2D eigenvalue weighted by molar-refractivity contribution is 5.95. The van der Waals surface area contributed by atoms with Gasteiger partial charge in [0.05, 0.1) is 4.92 Å². The van der Waals surface area contributed by atoms with Crippen molar-refractivity contribution in [3.63, 3.8) is 0 Å². The van der Waals surface area contributed by atoms with Gasteiger partial charge in [0.1, 0.15) is 0 Å². The minimum absolute atomic E-state index is 0.0334. The lowest BCUT2D eigenvalue weighted by molar-refractivity contribution is -0.384. The van der Waals surface area contributed by atoms with E-state index >= 15 is 0 Å². The Kier molecular flexibility index (Phi) is 4.45. The number of hydrogen-bond acceptors (Lipinski definition) is 4. The highest BCUT2D eigenvalue weighted by Crippen LogP contribution is 2.21. The Balaban J connectivity index is 1.97. The normalized spacial score (nSPS) is 20.6. The van der Waals surface area contributed by atoms with E-state index in [9.17, 15) is 14.9 Å². The number of nitro groups is 1. The first-order valence-corrected chi connectivity index (χ1v) is 6.66. The summed E-state index contributed by atoms with van der Waals surface area (Å²) in [5, 5.41) is 14.7. The van der Waals surface area contributed by atoms with Gasteiger partial charge in [0, 0.05) is 23.4 Å². The minimum atomic E-state index is -0.495. The second-order valence-electron chi connectivity index (χ2n) is 5.12. The summed E-state index contributed by atoms with van der Waals surface area (Å²) in [6.45, 7) is 2.17. The average molecular weight is 275 g/mol. The predicted octanol–water partition coefficient (Wildman–Crippen LogP) is 2.89. The molecule has 1 saturated carbocycles. The first-order valence-electron chi connectivity index (χ1n) is 6.66. The van der Waals surface area contributed by atoms with Gasteiger partial charge in [-0.05, 0) is 43.7 Å². The monoisotopic (exact) mass is 275 g/mol. The molecule has 1 aromatic rings. The molecule has 2 rings (SSSR count). The van der Waals surface area contributed by atoms with Crippen molar-refractivity contribution in [1.29, 1.82) is 0 Å². The molecule has 0 radical (unpaired) electrons. The van der Waals surface area contributed by atoms with Gasteiger partial charge in [0.2, 0.25) is 0 Å². The van der Waals surface area contributed by atoms with Crippen molar-refractivity contribution in [3.05, 3.63) is 39.9 Å². The maximum absolute atomic E-state index is 11.9. The van der Waals surface area contributed by atoms with Gasteiger partial charge in [0.15, 0.2) is 0 Å². The molecule has 1 N–H and O–H groups in total. The molecule has 1 aliphatic rings. The topological polar surface area (TPSA) is 84.6 Å². The zero-order valence-electron chi connectivity index (χ0n) is 11.3. The van der Waals surface area contributed by atoms with Crippen LogP contribution in [0.3, 0.4) is 0 Å². The number of hydrazone groups is 1. The van der Waals surface area contributed by atoms with E-state index in [-0.39, 0.29) is 11.6 Å². The number of nitro benzene ring substituents is 1. The number of rotatable bonds is 3. The van der Waals surface area contributed by atoms with Crippen LogP contribution >= 0.6 is 0 Å². The fourth-order valence-electron chi connectivity index (χ4n) is 2.29. The molecule has 0 aliphatic heterocycles. The van der Waals surface area contributed by atoms with Gasteiger partial charge in [-0.25, -0.2) is 5.43 Å². The van der Waals surface area contributed by atoms with Crippen LogP contribution in [0.15, 0.2) is 29.4 Å². The SMILES string of the molecule is C[C@@H]1CCC/C(=N/NC(=O)c2ccc([N+](=O)[O-])cc2)C1. The Morgan fingerprint density at radius 3 is 2.70 bits per heavy atom. The zero-order chi connectivity index (χ0) is 14.5. The summed E-state index contributed by atoms with van der Waals surface area (Å²) >= 11 is 0. The highest BCUT2D eigenvalue weighted by Gasteiger charge is 2.14. The third-order valence-electron chi connectivity index (χ3n) is 3.40. The molecule has 0 aromatic heterocycles. The third kappa shape index (κ3) is 3.63. The van der Waals surface area contributed by atoms with Crippen LogP contribution in [0, 0.1) is 16.0 Å². The van der Waals surface area contributed by atoms with Crippen molar-refractivity contribution < 1.29 is 9.72 Å². The summed E-state index contributed by atoms with van der Waals surface area (Å²) in [4.78, 5) is 21.9. The number of amides is 1. The summed E-state index contributed by atoms with van der Waals surface area (Å²) in [6.07, 6.45) is 4.15. The van der Waals surface area contributed by atoms with Crippen LogP contribution in [0.4, 0.5) is 5.69 Å². The number of carbonyl (C=O) groups excluding carboxylic acids is 1. The average Bonchev–Trinajstić information content (AvgIpc) is 2.45. The number of nitrogens with one attached hydrogen (secondary N) is 1. The summed E-state index contributed by atoms with van der Waals surface area (Å²) < 4.78 is 0. The zero-order valence-corrected chi connectivity index (χ0v) is 11.3. The molecule has 6 heteroatoms. The van der Waals surface area contributed by atoms with Crippen LogP contribution in [0.2, 0.25) is 0 Å². The molecule has 106 valence electrons. The molecular formula is C14H17N3O3. The molecule has 1 amide bonds.